The van der Waals surface area contributed by atoms with Crippen molar-refractivity contribution < 1.29 is 9.47 Å². The molecule has 0 radical (unpaired) electrons. The summed E-state index contributed by atoms with van der Waals surface area (Å²) in [5.41, 5.74) is 0. The maximum atomic E-state index is 6.23. The van der Waals surface area contributed by atoms with Gasteiger partial charge in [-0.15, -0.1) is 11.6 Å². The predicted octanol–water partition coefficient (Wildman–Crippen LogP) is 6.74. The summed E-state index contributed by atoms with van der Waals surface area (Å²) in [6.45, 7) is 6.89. The van der Waals surface area contributed by atoms with Crippen LogP contribution in [0.15, 0.2) is 0 Å². The second kappa shape index (κ2) is 15.5. The average molecular weight is 361 g/mol. The van der Waals surface area contributed by atoms with E-state index in [1.165, 1.54) is 70.6 Å². The minimum absolute atomic E-state index is 0.304. The molecule has 0 spiro atoms. The lowest BCUT2D eigenvalue weighted by molar-refractivity contribution is -0.0328. The van der Waals surface area contributed by atoms with Crippen LogP contribution in [0.25, 0.3) is 0 Å². The van der Waals surface area contributed by atoms with Gasteiger partial charge in [0.25, 0.3) is 0 Å². The highest BCUT2D eigenvalue weighted by molar-refractivity contribution is 6.20. The van der Waals surface area contributed by atoms with E-state index in [9.17, 15) is 0 Å². The lowest BCUT2D eigenvalue weighted by atomic mass is 9.87. The van der Waals surface area contributed by atoms with Crippen molar-refractivity contribution in [1.29, 1.82) is 0 Å². The third kappa shape index (κ3) is 11.7. The van der Waals surface area contributed by atoms with Crippen LogP contribution >= 0.6 is 11.6 Å². The zero-order valence-electron chi connectivity index (χ0n) is 16.2. The first kappa shape index (κ1) is 22.3. The molecule has 2 nitrogen and oxygen atoms in total. The standard InChI is InChI=1S/C21H41ClO2/c1-3-4-5-6-7-8-9-10-11-12-15-23-16-17-24-21-18-20(22)14-13-19(21)2/h19-21H,3-18H2,1-2H3. The van der Waals surface area contributed by atoms with Crippen LogP contribution in [0.1, 0.15) is 97.3 Å². The Kier molecular flexibility index (Phi) is 14.3. The van der Waals surface area contributed by atoms with Gasteiger partial charge in [0.15, 0.2) is 0 Å². The van der Waals surface area contributed by atoms with Crippen molar-refractivity contribution in [3.63, 3.8) is 0 Å². The van der Waals surface area contributed by atoms with Crippen molar-refractivity contribution in [3.05, 3.63) is 0 Å². The van der Waals surface area contributed by atoms with Gasteiger partial charge in [-0.25, -0.2) is 0 Å². The van der Waals surface area contributed by atoms with Gasteiger partial charge in [-0.1, -0.05) is 71.6 Å². The molecule has 1 aliphatic rings. The zero-order valence-corrected chi connectivity index (χ0v) is 17.0. The minimum atomic E-state index is 0.304. The Morgan fingerprint density at radius 3 is 2.08 bits per heavy atom. The normalized spacial score (nSPS) is 24.4. The number of ether oxygens (including phenoxy) is 2. The summed E-state index contributed by atoms with van der Waals surface area (Å²) in [5.74, 6) is 0.641. The van der Waals surface area contributed by atoms with Gasteiger partial charge in [0.05, 0.1) is 19.3 Å². The number of rotatable bonds is 15. The predicted molar refractivity (Wildman–Crippen MR) is 105 cm³/mol. The third-order valence-electron chi connectivity index (χ3n) is 5.26. The number of halogens is 1. The number of unbranched alkanes of at least 4 members (excludes halogenated alkanes) is 9. The average Bonchev–Trinajstić information content (AvgIpc) is 2.58. The van der Waals surface area contributed by atoms with Crippen molar-refractivity contribution in [2.45, 2.75) is 109 Å². The van der Waals surface area contributed by atoms with Crippen molar-refractivity contribution in [1.82, 2.24) is 0 Å². The van der Waals surface area contributed by atoms with E-state index in [4.69, 9.17) is 21.1 Å². The summed E-state index contributed by atoms with van der Waals surface area (Å²) < 4.78 is 11.7. The fourth-order valence-electron chi connectivity index (χ4n) is 3.52. The maximum Gasteiger partial charge on any atom is 0.0704 e. The molecule has 144 valence electrons. The first-order valence-corrected chi connectivity index (χ1v) is 11.0. The molecule has 0 aromatic carbocycles. The summed E-state index contributed by atoms with van der Waals surface area (Å²) in [4.78, 5) is 0. The Balaban J connectivity index is 1.77. The van der Waals surface area contributed by atoms with Crippen molar-refractivity contribution in [2.24, 2.45) is 5.92 Å². The largest absolute Gasteiger partial charge is 0.379 e. The Bertz CT molecular complexity index is 273. The van der Waals surface area contributed by atoms with E-state index in [0.717, 1.165) is 32.7 Å². The third-order valence-corrected chi connectivity index (χ3v) is 5.66. The van der Waals surface area contributed by atoms with Gasteiger partial charge in [0, 0.05) is 12.0 Å². The van der Waals surface area contributed by atoms with Gasteiger partial charge in [0.2, 0.25) is 0 Å². The second-order valence-electron chi connectivity index (χ2n) is 7.59. The van der Waals surface area contributed by atoms with E-state index in [1.54, 1.807) is 0 Å². The molecule has 0 amide bonds. The molecule has 24 heavy (non-hydrogen) atoms. The molecule has 0 bridgehead atoms. The molecule has 1 saturated carbocycles. The number of hydrogen-bond donors (Lipinski definition) is 0. The lowest BCUT2D eigenvalue weighted by Gasteiger charge is -2.31. The second-order valence-corrected chi connectivity index (χ2v) is 8.21. The fraction of sp³-hybridized carbons (Fsp3) is 1.00. The molecule has 0 N–H and O–H groups in total. The molecule has 0 aromatic heterocycles. The first-order valence-electron chi connectivity index (χ1n) is 10.6. The van der Waals surface area contributed by atoms with Gasteiger partial charge in [-0.05, 0) is 31.6 Å². The highest BCUT2D eigenvalue weighted by Crippen LogP contribution is 2.29. The number of alkyl halides is 1. The van der Waals surface area contributed by atoms with Crippen LogP contribution in [0.3, 0.4) is 0 Å². The zero-order chi connectivity index (χ0) is 17.5. The van der Waals surface area contributed by atoms with Crippen LogP contribution < -0.4 is 0 Å². The van der Waals surface area contributed by atoms with Gasteiger partial charge in [-0.2, -0.15) is 0 Å². The molecule has 0 aliphatic heterocycles. The molecular weight excluding hydrogens is 320 g/mol. The van der Waals surface area contributed by atoms with Crippen molar-refractivity contribution in [3.8, 4) is 0 Å². The summed E-state index contributed by atoms with van der Waals surface area (Å²) in [6, 6.07) is 0. The number of hydrogen-bond acceptors (Lipinski definition) is 2. The van der Waals surface area contributed by atoms with E-state index in [0.29, 0.717) is 17.4 Å². The van der Waals surface area contributed by atoms with Crippen LogP contribution in [0, 0.1) is 5.92 Å². The van der Waals surface area contributed by atoms with Crippen LogP contribution in [0.4, 0.5) is 0 Å². The molecule has 3 unspecified atom stereocenters. The van der Waals surface area contributed by atoms with Crippen molar-refractivity contribution in [2.75, 3.05) is 19.8 Å². The Labute approximate surface area is 156 Å². The van der Waals surface area contributed by atoms with Gasteiger partial charge in [-0.3, -0.25) is 0 Å². The van der Waals surface area contributed by atoms with Gasteiger partial charge >= 0.3 is 0 Å². The van der Waals surface area contributed by atoms with E-state index in [1.807, 2.05) is 0 Å². The lowest BCUT2D eigenvalue weighted by Crippen LogP contribution is -2.31. The van der Waals surface area contributed by atoms with E-state index >= 15 is 0 Å². The van der Waals surface area contributed by atoms with E-state index < -0.39 is 0 Å². The molecule has 0 aromatic rings. The summed E-state index contributed by atoms with van der Waals surface area (Å²) in [5, 5.41) is 0.304. The quantitative estimate of drug-likeness (QED) is 0.238. The molecular formula is C21H41ClO2. The van der Waals surface area contributed by atoms with Crippen LogP contribution in [-0.2, 0) is 9.47 Å². The summed E-state index contributed by atoms with van der Waals surface area (Å²) in [6.07, 6.45) is 17.4. The Morgan fingerprint density at radius 1 is 0.792 bits per heavy atom. The summed E-state index contributed by atoms with van der Waals surface area (Å²) >= 11 is 6.23. The van der Waals surface area contributed by atoms with Crippen molar-refractivity contribution >= 4 is 11.6 Å². The molecule has 3 atom stereocenters. The SMILES string of the molecule is CCCCCCCCCCCCOCCOC1CC(Cl)CCC1C. The molecule has 1 aliphatic carbocycles. The Hall–Kier alpha value is 0.210. The van der Waals surface area contributed by atoms with Gasteiger partial charge < -0.3 is 9.47 Å². The highest BCUT2D eigenvalue weighted by Gasteiger charge is 2.26. The molecule has 1 rings (SSSR count). The fourth-order valence-corrected chi connectivity index (χ4v) is 3.82. The highest BCUT2D eigenvalue weighted by atomic mass is 35.5. The first-order chi connectivity index (χ1) is 11.7. The maximum absolute atomic E-state index is 6.23. The van der Waals surface area contributed by atoms with Gasteiger partial charge in [0.1, 0.15) is 0 Å². The minimum Gasteiger partial charge on any atom is -0.379 e. The monoisotopic (exact) mass is 360 g/mol. The van der Waals surface area contributed by atoms with Crippen LogP contribution in [0.5, 0.6) is 0 Å². The molecule has 0 saturated heterocycles. The van der Waals surface area contributed by atoms with E-state index in [2.05, 4.69) is 13.8 Å². The van der Waals surface area contributed by atoms with Crippen LogP contribution in [-0.4, -0.2) is 31.3 Å². The molecule has 1 fully saturated rings. The Morgan fingerprint density at radius 2 is 1.42 bits per heavy atom. The van der Waals surface area contributed by atoms with E-state index in [-0.39, 0.29) is 0 Å². The molecule has 0 heterocycles. The smallest absolute Gasteiger partial charge is 0.0704 e. The summed E-state index contributed by atoms with van der Waals surface area (Å²) in [7, 11) is 0. The van der Waals surface area contributed by atoms with Crippen LogP contribution in [0.2, 0.25) is 0 Å². The molecule has 3 heteroatoms. The topological polar surface area (TPSA) is 18.5 Å².